The first-order valence-corrected chi connectivity index (χ1v) is 12.1. The summed E-state index contributed by atoms with van der Waals surface area (Å²) in [7, 11) is 1.59. The molecule has 2 atom stereocenters. The third-order valence-corrected chi connectivity index (χ3v) is 7.47. The Labute approximate surface area is 203 Å². The highest BCUT2D eigenvalue weighted by Gasteiger charge is 2.48. The van der Waals surface area contributed by atoms with Crippen LogP contribution in [0, 0.1) is 23.7 Å². The number of aromatic nitrogens is 2. The van der Waals surface area contributed by atoms with Gasteiger partial charge in [-0.1, -0.05) is 20.8 Å². The molecule has 0 aromatic carbocycles. The normalized spacial score (nSPS) is 21.7. The van der Waals surface area contributed by atoms with Crippen LogP contribution >= 0.6 is 11.3 Å². The van der Waals surface area contributed by atoms with Crippen molar-refractivity contribution in [2.75, 3.05) is 26.8 Å². The summed E-state index contributed by atoms with van der Waals surface area (Å²) in [6.07, 6.45) is 4.23. The van der Waals surface area contributed by atoms with Crippen LogP contribution < -0.4 is 4.74 Å². The van der Waals surface area contributed by atoms with Crippen LogP contribution in [0.3, 0.4) is 0 Å². The maximum atomic E-state index is 12.8. The van der Waals surface area contributed by atoms with Crippen LogP contribution in [0.4, 0.5) is 8.78 Å². The fourth-order valence-corrected chi connectivity index (χ4v) is 5.42. The second-order valence-electron chi connectivity index (χ2n) is 10.1. The van der Waals surface area contributed by atoms with Crippen molar-refractivity contribution in [3.63, 3.8) is 0 Å². The molecule has 1 saturated heterocycles. The monoisotopic (exact) mass is 497 g/mol. The fourth-order valence-electron chi connectivity index (χ4n) is 4.46. The number of carbonyl (C=O) groups is 1. The van der Waals surface area contributed by atoms with Gasteiger partial charge in [0.2, 0.25) is 5.88 Å². The lowest BCUT2D eigenvalue weighted by Gasteiger charge is -2.48. The molecule has 1 fully saturated rings. The number of halogens is 2. The van der Waals surface area contributed by atoms with Gasteiger partial charge < -0.3 is 14.6 Å². The molecule has 0 bridgehead atoms. The molecule has 3 rings (SSSR count). The van der Waals surface area contributed by atoms with E-state index >= 15 is 0 Å². The predicted molar refractivity (Wildman–Crippen MR) is 126 cm³/mol. The number of piperidine rings is 1. The molecule has 2 aromatic rings. The molecule has 2 aromatic heterocycles. The highest BCUT2D eigenvalue weighted by molar-refractivity contribution is 7.15. The number of nitrogens with zero attached hydrogens (tertiary/aromatic N) is 3. The minimum Gasteiger partial charge on any atom is -0.481 e. The Balaban J connectivity index is 1.86. The van der Waals surface area contributed by atoms with Crippen LogP contribution in [0.2, 0.25) is 0 Å². The number of likely N-dealkylation sites (tertiary alicyclic amines) is 1. The van der Waals surface area contributed by atoms with Gasteiger partial charge in [0.15, 0.2) is 0 Å². The van der Waals surface area contributed by atoms with Gasteiger partial charge in [-0.05, 0) is 42.7 Å². The van der Waals surface area contributed by atoms with Gasteiger partial charge in [-0.25, -0.2) is 9.97 Å². The lowest BCUT2D eigenvalue weighted by atomic mass is 9.66. The van der Waals surface area contributed by atoms with E-state index in [1.54, 1.807) is 19.4 Å². The zero-order chi connectivity index (χ0) is 25.1. The summed E-state index contributed by atoms with van der Waals surface area (Å²) in [5.41, 5.74) is 0.281. The molecule has 0 amide bonds. The number of ether oxygens (including phenoxy) is 2. The lowest BCUT2D eigenvalue weighted by molar-refractivity contribution is -0.157. The van der Waals surface area contributed by atoms with E-state index in [1.807, 2.05) is 6.92 Å². The summed E-state index contributed by atoms with van der Waals surface area (Å²) in [5, 5.41) is 10.7. The zero-order valence-corrected chi connectivity index (χ0v) is 21.1. The molecule has 3 heterocycles. The van der Waals surface area contributed by atoms with Crippen molar-refractivity contribution in [1.82, 2.24) is 14.9 Å². The Morgan fingerprint density at radius 3 is 2.71 bits per heavy atom. The van der Waals surface area contributed by atoms with Crippen molar-refractivity contribution in [2.24, 2.45) is 16.7 Å². The summed E-state index contributed by atoms with van der Waals surface area (Å²) in [4.78, 5) is 24.0. The van der Waals surface area contributed by atoms with Crippen molar-refractivity contribution in [3.05, 3.63) is 28.9 Å². The standard InChI is InChI=1S/C24H33F2N3O4S/c1-15-8-18(19(27-10-15)33-22(25)26)20-28-11-17(34-20)13-29-12-16(23(2,3)4)9-24(14-29,21(30)31)6-7-32-5/h8,10-11,16,22H,6-7,9,12-14H2,1-5H3,(H,30,31)/t16-,24-/m1/s1. The van der Waals surface area contributed by atoms with E-state index in [4.69, 9.17) is 4.74 Å². The summed E-state index contributed by atoms with van der Waals surface area (Å²) in [6.45, 7) is 7.36. The number of aliphatic carboxylic acids is 1. The number of pyridine rings is 1. The van der Waals surface area contributed by atoms with E-state index in [1.165, 1.54) is 17.5 Å². The van der Waals surface area contributed by atoms with Crippen LogP contribution in [0.1, 0.15) is 44.1 Å². The van der Waals surface area contributed by atoms with E-state index < -0.39 is 18.0 Å². The van der Waals surface area contributed by atoms with E-state index in [9.17, 15) is 18.7 Å². The number of carboxylic acids is 1. The predicted octanol–water partition coefficient (Wildman–Crippen LogP) is 5.09. The number of hydrogen-bond donors (Lipinski definition) is 1. The molecule has 0 aliphatic carbocycles. The van der Waals surface area contributed by atoms with Crippen LogP contribution in [-0.4, -0.2) is 59.4 Å². The topological polar surface area (TPSA) is 84.8 Å². The first kappa shape index (κ1) is 26.4. The molecule has 1 aliphatic heterocycles. The van der Waals surface area contributed by atoms with Gasteiger partial charge in [0.1, 0.15) is 5.01 Å². The van der Waals surface area contributed by atoms with Gasteiger partial charge in [-0.15, -0.1) is 11.3 Å². The Bertz CT molecular complexity index is 995. The lowest BCUT2D eigenvalue weighted by Crippen LogP contribution is -2.53. The first-order valence-electron chi connectivity index (χ1n) is 11.2. The van der Waals surface area contributed by atoms with E-state index in [2.05, 4.69) is 40.4 Å². The smallest absolute Gasteiger partial charge is 0.388 e. The van der Waals surface area contributed by atoms with Gasteiger partial charge in [0.05, 0.1) is 11.0 Å². The number of alkyl halides is 2. The molecule has 7 nitrogen and oxygen atoms in total. The number of aryl methyl sites for hydroxylation is 1. The summed E-state index contributed by atoms with van der Waals surface area (Å²) in [6, 6.07) is 1.73. The van der Waals surface area contributed by atoms with Gasteiger partial charge in [0, 0.05) is 50.6 Å². The van der Waals surface area contributed by atoms with Crippen molar-refractivity contribution in [1.29, 1.82) is 0 Å². The van der Waals surface area contributed by atoms with Crippen LogP contribution in [-0.2, 0) is 16.1 Å². The Hall–Kier alpha value is -2.17. The SMILES string of the molecule is COCC[C@@]1(C(=O)O)C[C@@H](C(C)(C)C)CN(Cc2cnc(-c3cc(C)cnc3OC(F)F)s2)C1. The molecular weight excluding hydrogens is 464 g/mol. The Kier molecular flexibility index (Phi) is 8.26. The molecule has 34 heavy (non-hydrogen) atoms. The van der Waals surface area contributed by atoms with Crippen LogP contribution in [0.25, 0.3) is 10.6 Å². The van der Waals surface area contributed by atoms with E-state index in [-0.39, 0.29) is 17.2 Å². The molecule has 188 valence electrons. The minimum atomic E-state index is -2.98. The van der Waals surface area contributed by atoms with Crippen molar-refractivity contribution >= 4 is 17.3 Å². The van der Waals surface area contributed by atoms with Crippen LogP contribution in [0.15, 0.2) is 18.5 Å². The third kappa shape index (κ3) is 6.28. The third-order valence-electron chi connectivity index (χ3n) is 6.46. The average Bonchev–Trinajstić information content (AvgIpc) is 3.20. The second kappa shape index (κ2) is 10.6. The molecular formula is C24H33F2N3O4S. The second-order valence-corrected chi connectivity index (χ2v) is 11.3. The number of hydrogen-bond acceptors (Lipinski definition) is 7. The van der Waals surface area contributed by atoms with Gasteiger partial charge >= 0.3 is 12.6 Å². The van der Waals surface area contributed by atoms with E-state index in [0.717, 1.165) is 17.0 Å². The Morgan fingerprint density at radius 1 is 1.35 bits per heavy atom. The number of rotatable bonds is 9. The molecule has 10 heteroatoms. The van der Waals surface area contributed by atoms with Gasteiger partial charge in [-0.3, -0.25) is 9.69 Å². The highest BCUT2D eigenvalue weighted by Crippen LogP contribution is 2.44. The summed E-state index contributed by atoms with van der Waals surface area (Å²) < 4.78 is 35.5. The van der Waals surface area contributed by atoms with Crippen LogP contribution in [0.5, 0.6) is 5.88 Å². The van der Waals surface area contributed by atoms with Crippen molar-refractivity contribution in [2.45, 2.75) is 53.7 Å². The molecule has 0 radical (unpaired) electrons. The first-order chi connectivity index (χ1) is 15.9. The van der Waals surface area contributed by atoms with Gasteiger partial charge in [-0.2, -0.15) is 8.78 Å². The maximum Gasteiger partial charge on any atom is 0.388 e. The minimum absolute atomic E-state index is 0.0555. The van der Waals surface area contributed by atoms with Crippen molar-refractivity contribution in [3.8, 4) is 16.5 Å². The average molecular weight is 498 g/mol. The molecule has 0 unspecified atom stereocenters. The quantitative estimate of drug-likeness (QED) is 0.516. The number of thiazole rings is 1. The fraction of sp³-hybridized carbons (Fsp3) is 0.625. The molecule has 1 aliphatic rings. The largest absolute Gasteiger partial charge is 0.481 e. The highest BCUT2D eigenvalue weighted by atomic mass is 32.1. The maximum absolute atomic E-state index is 12.8. The summed E-state index contributed by atoms with van der Waals surface area (Å²) >= 11 is 1.37. The number of methoxy groups -OCH3 is 1. The van der Waals surface area contributed by atoms with Gasteiger partial charge in [0.25, 0.3) is 0 Å². The molecule has 0 spiro atoms. The zero-order valence-electron chi connectivity index (χ0n) is 20.3. The summed E-state index contributed by atoms with van der Waals surface area (Å²) in [5.74, 6) is -0.765. The molecule has 1 N–H and O–H groups in total. The Morgan fingerprint density at radius 2 is 2.09 bits per heavy atom. The molecule has 0 saturated carbocycles. The van der Waals surface area contributed by atoms with Crippen molar-refractivity contribution < 1.29 is 28.2 Å². The number of carboxylic acid groups (broad SMARTS) is 1. The van der Waals surface area contributed by atoms with E-state index in [0.29, 0.717) is 43.1 Å².